The summed E-state index contributed by atoms with van der Waals surface area (Å²) in [6.07, 6.45) is -8.68. The van der Waals surface area contributed by atoms with Gasteiger partial charge in [-0.2, -0.15) is 26.3 Å². The van der Waals surface area contributed by atoms with Crippen molar-refractivity contribution in [2.45, 2.75) is 38.5 Å². The van der Waals surface area contributed by atoms with Gasteiger partial charge in [-0.25, -0.2) is 9.55 Å². The van der Waals surface area contributed by atoms with Gasteiger partial charge >= 0.3 is 20.2 Å². The highest BCUT2D eigenvalue weighted by Crippen LogP contribution is 2.43. The van der Waals surface area contributed by atoms with Gasteiger partial charge in [-0.3, -0.25) is 18.7 Å². The minimum atomic E-state index is -5.07. The van der Waals surface area contributed by atoms with Gasteiger partial charge in [-0.1, -0.05) is 24.3 Å². The Balaban J connectivity index is 1.68. The number of amides is 1. The first-order chi connectivity index (χ1) is 21.7. The summed E-state index contributed by atoms with van der Waals surface area (Å²) >= 11 is 0. The van der Waals surface area contributed by atoms with E-state index in [2.05, 4.69) is 9.51 Å². The Bertz CT molecular complexity index is 1630. The van der Waals surface area contributed by atoms with Crippen LogP contribution in [0.3, 0.4) is 0 Å². The van der Waals surface area contributed by atoms with Gasteiger partial charge in [-0.15, -0.1) is 0 Å². The average Bonchev–Trinajstić information content (AvgIpc) is 3.02. The van der Waals surface area contributed by atoms with Gasteiger partial charge in [0.25, 0.3) is 0 Å². The van der Waals surface area contributed by atoms with Crippen LogP contribution in [-0.2, 0) is 36.2 Å². The standard InChI is InChI=1S/C31H35F6N4O5P/c1-20-8-6-7-9-24(20)25-17-27(41-12-10-40(11-13-41)19-46-47(43,44)45-5)38-18-26(25)39(4)28(42)29(2,3)21-14-22(30(32,33)34)16-23(15-21)31(35,36)37/h6-9,14-18H,10-13,19H2,1-5H3,(H,43,44). The maximum Gasteiger partial charge on any atom is 0.473 e. The predicted molar refractivity (Wildman–Crippen MR) is 164 cm³/mol. The molecule has 1 fully saturated rings. The molecule has 2 aromatic carbocycles. The number of nitrogens with zero attached hydrogens (tertiary/aromatic N) is 4. The van der Waals surface area contributed by atoms with Crippen LogP contribution >= 0.6 is 7.82 Å². The van der Waals surface area contributed by atoms with E-state index in [9.17, 15) is 40.6 Å². The zero-order valence-electron chi connectivity index (χ0n) is 26.3. The zero-order chi connectivity index (χ0) is 34.9. The quantitative estimate of drug-likeness (QED) is 0.192. The number of aromatic nitrogens is 1. The fourth-order valence-corrected chi connectivity index (χ4v) is 5.66. The van der Waals surface area contributed by atoms with E-state index in [-0.39, 0.29) is 12.8 Å². The van der Waals surface area contributed by atoms with Crippen molar-refractivity contribution in [1.82, 2.24) is 9.88 Å². The molecular formula is C31H35F6N4O5P. The summed E-state index contributed by atoms with van der Waals surface area (Å²) in [4.78, 5) is 33.1. The average molecular weight is 689 g/mol. The molecule has 0 spiro atoms. The molecule has 0 saturated carbocycles. The topological polar surface area (TPSA) is 95.4 Å². The molecule has 1 amide bonds. The molecule has 1 N–H and O–H groups in total. The summed E-state index contributed by atoms with van der Waals surface area (Å²) in [7, 11) is -1.66. The van der Waals surface area contributed by atoms with Crippen LogP contribution in [0.5, 0.6) is 0 Å². The number of alkyl halides is 6. The third kappa shape index (κ3) is 8.33. The molecular weight excluding hydrogens is 653 g/mol. The maximum absolute atomic E-state index is 14.0. The molecule has 9 nitrogen and oxygen atoms in total. The van der Waals surface area contributed by atoms with Gasteiger partial charge in [0.05, 0.1) is 28.4 Å². The lowest BCUT2D eigenvalue weighted by Crippen LogP contribution is -2.47. The molecule has 16 heteroatoms. The molecule has 2 heterocycles. The number of aryl methyl sites for hydroxylation is 1. The van der Waals surface area contributed by atoms with Crippen molar-refractivity contribution in [3.8, 4) is 11.1 Å². The summed E-state index contributed by atoms with van der Waals surface area (Å²) < 4.78 is 103. The number of anilines is 2. The number of hydrogen-bond acceptors (Lipinski definition) is 7. The summed E-state index contributed by atoms with van der Waals surface area (Å²) in [5.74, 6) is -0.190. The van der Waals surface area contributed by atoms with Crippen molar-refractivity contribution in [3.05, 3.63) is 77.0 Å². The second-order valence-electron chi connectivity index (χ2n) is 11.7. The van der Waals surface area contributed by atoms with Crippen LogP contribution in [0.2, 0.25) is 0 Å². The Kier molecular flexibility index (Phi) is 10.5. The summed E-state index contributed by atoms with van der Waals surface area (Å²) in [6, 6.07) is 10.3. The Hall–Kier alpha value is -3.49. The van der Waals surface area contributed by atoms with Crippen LogP contribution in [0, 0.1) is 6.92 Å². The van der Waals surface area contributed by atoms with Gasteiger partial charge in [0.15, 0.2) is 0 Å². The van der Waals surface area contributed by atoms with Crippen LogP contribution in [0.25, 0.3) is 11.1 Å². The van der Waals surface area contributed by atoms with Crippen molar-refractivity contribution in [2.75, 3.05) is 56.9 Å². The van der Waals surface area contributed by atoms with Crippen molar-refractivity contribution >= 4 is 25.2 Å². The smallest absolute Gasteiger partial charge is 0.354 e. The lowest BCUT2D eigenvalue weighted by Gasteiger charge is -2.36. The first kappa shape index (κ1) is 36.3. The Labute approximate surface area is 268 Å². The third-order valence-corrected chi connectivity index (χ3v) is 9.05. The molecule has 1 atom stereocenters. The maximum atomic E-state index is 14.0. The molecule has 1 aliphatic heterocycles. The monoisotopic (exact) mass is 688 g/mol. The van der Waals surface area contributed by atoms with E-state index in [0.29, 0.717) is 55.4 Å². The summed E-state index contributed by atoms with van der Waals surface area (Å²) in [5.41, 5.74) is -2.79. The molecule has 1 saturated heterocycles. The van der Waals surface area contributed by atoms with Crippen LogP contribution in [0.15, 0.2) is 54.7 Å². The highest BCUT2D eigenvalue weighted by Gasteiger charge is 2.41. The van der Waals surface area contributed by atoms with Gasteiger partial charge in [0.2, 0.25) is 5.91 Å². The van der Waals surface area contributed by atoms with Crippen molar-refractivity contribution < 1.29 is 49.6 Å². The summed E-state index contributed by atoms with van der Waals surface area (Å²) in [5, 5.41) is 0. The molecule has 1 aromatic heterocycles. The van der Waals surface area contributed by atoms with Crippen molar-refractivity contribution in [3.63, 3.8) is 0 Å². The number of pyridine rings is 1. The molecule has 0 bridgehead atoms. The zero-order valence-corrected chi connectivity index (χ0v) is 27.2. The number of rotatable bonds is 9. The second-order valence-corrected chi connectivity index (χ2v) is 13.2. The Morgan fingerprint density at radius 2 is 1.49 bits per heavy atom. The number of carbonyl (C=O) groups is 1. The number of phosphoric ester groups is 1. The first-order valence-corrected chi connectivity index (χ1v) is 15.9. The molecule has 256 valence electrons. The van der Waals surface area contributed by atoms with E-state index in [0.717, 1.165) is 18.2 Å². The number of halogens is 6. The molecule has 3 aromatic rings. The van der Waals surface area contributed by atoms with Crippen molar-refractivity contribution in [1.29, 1.82) is 0 Å². The lowest BCUT2D eigenvalue weighted by molar-refractivity contribution is -0.143. The second kappa shape index (κ2) is 13.6. The van der Waals surface area contributed by atoms with Crippen molar-refractivity contribution in [2.24, 2.45) is 0 Å². The van der Waals surface area contributed by atoms with Gasteiger partial charge in [0.1, 0.15) is 12.5 Å². The largest absolute Gasteiger partial charge is 0.473 e. The predicted octanol–water partition coefficient (Wildman–Crippen LogP) is 6.88. The van der Waals surface area contributed by atoms with E-state index in [4.69, 9.17) is 4.52 Å². The minimum absolute atomic E-state index is 0.0319. The third-order valence-electron chi connectivity index (χ3n) is 8.14. The molecule has 0 aliphatic carbocycles. The Morgan fingerprint density at radius 1 is 0.936 bits per heavy atom. The molecule has 1 unspecified atom stereocenters. The van der Waals surface area contributed by atoms with Gasteiger partial charge < -0.3 is 14.7 Å². The number of likely N-dealkylation sites (N-methyl/N-ethyl adjacent to an activating group) is 1. The van der Waals surface area contributed by atoms with Gasteiger partial charge in [-0.05, 0) is 61.7 Å². The fourth-order valence-electron chi connectivity index (χ4n) is 5.25. The number of carbonyl (C=O) groups excluding carboxylic acids is 1. The number of hydrogen-bond donors (Lipinski definition) is 1. The molecule has 4 rings (SSSR count). The van der Waals surface area contributed by atoms with E-state index in [1.165, 1.54) is 32.0 Å². The van der Waals surface area contributed by atoms with Crippen LogP contribution in [0.1, 0.15) is 36.1 Å². The summed E-state index contributed by atoms with van der Waals surface area (Å²) in [6.45, 7) is 6.20. The van der Waals surface area contributed by atoms with Crippen LogP contribution in [0.4, 0.5) is 37.8 Å². The Morgan fingerprint density at radius 3 is 2.02 bits per heavy atom. The highest BCUT2D eigenvalue weighted by atomic mass is 31.2. The molecule has 0 radical (unpaired) electrons. The number of phosphoric acid groups is 1. The van der Waals surface area contributed by atoms with Crippen LogP contribution in [-0.4, -0.2) is 67.8 Å². The minimum Gasteiger partial charge on any atom is -0.354 e. The first-order valence-electron chi connectivity index (χ1n) is 14.4. The van der Waals surface area contributed by atoms with E-state index < -0.39 is 48.2 Å². The molecule has 1 aliphatic rings. The van der Waals surface area contributed by atoms with Crippen LogP contribution < -0.4 is 9.80 Å². The van der Waals surface area contributed by atoms with E-state index in [1.807, 2.05) is 34.9 Å². The fraction of sp³-hybridized carbons (Fsp3) is 0.419. The number of benzene rings is 2. The normalized spacial score (nSPS) is 16.2. The highest BCUT2D eigenvalue weighted by molar-refractivity contribution is 7.47. The lowest BCUT2D eigenvalue weighted by atomic mass is 9.81. The molecule has 47 heavy (non-hydrogen) atoms. The van der Waals surface area contributed by atoms with E-state index >= 15 is 0 Å². The van der Waals surface area contributed by atoms with E-state index in [1.54, 1.807) is 12.1 Å². The SMILES string of the molecule is COP(=O)(O)OCN1CCN(c2cc(-c3ccccc3C)c(N(C)C(=O)C(C)(C)c3cc(C(F)(F)F)cc(C(F)(F)F)c3)cn2)CC1. The van der Waals surface area contributed by atoms with Gasteiger partial charge in [0, 0.05) is 45.9 Å². The number of piperazine rings is 1.